The minimum atomic E-state index is -0.790. The van der Waals surface area contributed by atoms with Gasteiger partial charge in [0.1, 0.15) is 13.2 Å². The number of esters is 3. The fraction of sp³-hybridized carbons (Fsp3) is 0.712. The van der Waals surface area contributed by atoms with E-state index < -0.39 is 6.10 Å². The number of unbranched alkanes of at least 4 members (excludes halogenated alkanes) is 31. The predicted octanol–water partition coefficient (Wildman–Crippen LogP) is 23.0. The van der Waals surface area contributed by atoms with Crippen LogP contribution in [0.15, 0.2) is 109 Å². The van der Waals surface area contributed by atoms with Crippen LogP contribution in [0.5, 0.6) is 0 Å². The molecule has 0 bridgehead atoms. The molecule has 0 heterocycles. The van der Waals surface area contributed by atoms with Crippen LogP contribution >= 0.6 is 0 Å². The Bertz CT molecular complexity index is 1590. The third kappa shape index (κ3) is 64.8. The lowest BCUT2D eigenvalue weighted by molar-refractivity contribution is -0.167. The number of ether oxygens (including phenoxy) is 3. The standard InChI is InChI=1S/C73H124O6/c1-4-7-10-13-16-19-22-25-28-30-31-32-33-34-35-36-37-38-39-40-41-43-45-48-51-54-57-60-63-66-72(75)78-69-70(68-77-71(74)65-62-59-56-53-50-47-44-27-24-21-18-15-12-9-6-3)79-73(76)67-64-61-58-55-52-49-46-42-29-26-23-20-17-14-11-8-5-2/h7,10,16,18-19,21,25-29,31-32,34-35,37-38,44,70H,4-6,8-9,11-15,17,20,22-24,30,33,36,39-43,45-69H2,1-3H3/b10-7-,19-16-,21-18-,28-25-,29-26-,32-31-,35-34-,38-37-,44-27-. The molecule has 0 aliphatic heterocycles. The topological polar surface area (TPSA) is 78.9 Å². The summed E-state index contributed by atoms with van der Waals surface area (Å²) in [7, 11) is 0. The Morgan fingerprint density at radius 1 is 0.266 bits per heavy atom. The maximum absolute atomic E-state index is 12.9. The summed E-state index contributed by atoms with van der Waals surface area (Å²) in [6.45, 7) is 6.50. The molecule has 452 valence electrons. The SMILES string of the molecule is CC/C=C\C/C=C\C/C=C\C/C=C\C/C=C\C/C=C\CCCCCCCCCCCCC(=O)OCC(COC(=O)CCCCCCC/C=C\C/C=C\CCCCC)OC(=O)CCCCCCCCC/C=C\CCCCCCCC. The van der Waals surface area contributed by atoms with E-state index in [0.29, 0.717) is 19.3 Å². The van der Waals surface area contributed by atoms with Crippen LogP contribution in [0.25, 0.3) is 0 Å². The van der Waals surface area contributed by atoms with Gasteiger partial charge in [0.15, 0.2) is 6.10 Å². The largest absolute Gasteiger partial charge is 0.462 e. The van der Waals surface area contributed by atoms with Crippen molar-refractivity contribution in [3.8, 4) is 0 Å². The number of hydrogen-bond donors (Lipinski definition) is 0. The normalized spacial score (nSPS) is 12.8. The molecular formula is C73H124O6. The number of allylic oxidation sites excluding steroid dienone is 18. The summed E-state index contributed by atoms with van der Waals surface area (Å²) in [6, 6.07) is 0. The first-order chi connectivity index (χ1) is 39.0. The second-order valence-electron chi connectivity index (χ2n) is 22.0. The average Bonchev–Trinajstić information content (AvgIpc) is 3.45. The van der Waals surface area contributed by atoms with Gasteiger partial charge in [0.05, 0.1) is 0 Å². The van der Waals surface area contributed by atoms with Crippen molar-refractivity contribution >= 4 is 17.9 Å². The summed E-state index contributed by atoms with van der Waals surface area (Å²) in [6.07, 6.45) is 90.9. The van der Waals surface area contributed by atoms with Gasteiger partial charge in [-0.2, -0.15) is 0 Å². The Hall–Kier alpha value is -3.93. The number of carbonyl (C=O) groups is 3. The van der Waals surface area contributed by atoms with E-state index >= 15 is 0 Å². The highest BCUT2D eigenvalue weighted by atomic mass is 16.6. The Balaban J connectivity index is 4.33. The summed E-state index contributed by atoms with van der Waals surface area (Å²) in [4.78, 5) is 38.4. The van der Waals surface area contributed by atoms with E-state index in [1.165, 1.54) is 161 Å². The molecule has 0 aromatic rings. The molecule has 0 spiro atoms. The van der Waals surface area contributed by atoms with E-state index in [4.69, 9.17) is 14.2 Å². The van der Waals surface area contributed by atoms with Crippen molar-refractivity contribution in [3.05, 3.63) is 109 Å². The highest BCUT2D eigenvalue weighted by Gasteiger charge is 2.19. The quantitative estimate of drug-likeness (QED) is 0.0261. The van der Waals surface area contributed by atoms with Crippen molar-refractivity contribution < 1.29 is 28.6 Å². The van der Waals surface area contributed by atoms with Gasteiger partial charge >= 0.3 is 17.9 Å². The summed E-state index contributed by atoms with van der Waals surface area (Å²) in [5.74, 6) is -0.899. The van der Waals surface area contributed by atoms with Crippen LogP contribution in [-0.2, 0) is 28.6 Å². The third-order valence-electron chi connectivity index (χ3n) is 14.2. The Labute approximate surface area is 489 Å². The van der Waals surface area contributed by atoms with E-state index in [0.717, 1.165) is 116 Å². The van der Waals surface area contributed by atoms with E-state index in [-0.39, 0.29) is 31.1 Å². The molecule has 0 fully saturated rings. The predicted molar refractivity (Wildman–Crippen MR) is 343 cm³/mol. The fourth-order valence-corrected chi connectivity index (χ4v) is 9.24. The summed E-state index contributed by atoms with van der Waals surface area (Å²) in [5, 5.41) is 0. The van der Waals surface area contributed by atoms with Crippen molar-refractivity contribution in [3.63, 3.8) is 0 Å². The molecule has 0 saturated carbocycles. The summed E-state index contributed by atoms with van der Waals surface area (Å²) in [5.41, 5.74) is 0. The lowest BCUT2D eigenvalue weighted by Gasteiger charge is -2.18. The van der Waals surface area contributed by atoms with Crippen molar-refractivity contribution in [2.75, 3.05) is 13.2 Å². The van der Waals surface area contributed by atoms with Gasteiger partial charge in [0, 0.05) is 19.3 Å². The van der Waals surface area contributed by atoms with Gasteiger partial charge in [0.2, 0.25) is 0 Å². The molecule has 0 aliphatic carbocycles. The monoisotopic (exact) mass is 1100 g/mol. The Morgan fingerprint density at radius 2 is 0.494 bits per heavy atom. The lowest BCUT2D eigenvalue weighted by atomic mass is 10.1. The van der Waals surface area contributed by atoms with E-state index in [9.17, 15) is 14.4 Å². The van der Waals surface area contributed by atoms with Crippen LogP contribution in [0.2, 0.25) is 0 Å². The van der Waals surface area contributed by atoms with Crippen LogP contribution in [-0.4, -0.2) is 37.2 Å². The van der Waals surface area contributed by atoms with E-state index in [2.05, 4.69) is 130 Å². The first kappa shape index (κ1) is 75.1. The molecule has 1 atom stereocenters. The van der Waals surface area contributed by atoms with E-state index in [1.807, 2.05) is 0 Å². The third-order valence-corrected chi connectivity index (χ3v) is 14.2. The fourth-order valence-electron chi connectivity index (χ4n) is 9.24. The van der Waals surface area contributed by atoms with Crippen molar-refractivity contribution in [1.29, 1.82) is 0 Å². The lowest BCUT2D eigenvalue weighted by Crippen LogP contribution is -2.30. The molecule has 0 N–H and O–H groups in total. The summed E-state index contributed by atoms with van der Waals surface area (Å²) >= 11 is 0. The minimum absolute atomic E-state index is 0.0861. The van der Waals surface area contributed by atoms with Gasteiger partial charge in [-0.15, -0.1) is 0 Å². The van der Waals surface area contributed by atoms with Gasteiger partial charge in [-0.25, -0.2) is 0 Å². The molecule has 0 amide bonds. The zero-order valence-electron chi connectivity index (χ0n) is 51.9. The summed E-state index contributed by atoms with van der Waals surface area (Å²) < 4.78 is 16.9. The Kier molecular flexibility index (Phi) is 63.3. The maximum atomic E-state index is 12.9. The van der Waals surface area contributed by atoms with E-state index in [1.54, 1.807) is 0 Å². The molecule has 1 unspecified atom stereocenters. The zero-order chi connectivity index (χ0) is 57.1. The van der Waals surface area contributed by atoms with Gasteiger partial charge in [0.25, 0.3) is 0 Å². The van der Waals surface area contributed by atoms with Crippen molar-refractivity contribution in [2.45, 2.75) is 322 Å². The molecule has 6 heteroatoms. The molecule has 0 aromatic heterocycles. The molecule has 0 aromatic carbocycles. The highest BCUT2D eigenvalue weighted by molar-refractivity contribution is 5.71. The molecular weight excluding hydrogens is 973 g/mol. The number of hydrogen-bond acceptors (Lipinski definition) is 6. The second kappa shape index (κ2) is 66.6. The van der Waals surface area contributed by atoms with Gasteiger partial charge in [-0.1, -0.05) is 278 Å². The van der Waals surface area contributed by atoms with Crippen LogP contribution < -0.4 is 0 Å². The van der Waals surface area contributed by atoms with Crippen LogP contribution in [0, 0.1) is 0 Å². The Morgan fingerprint density at radius 3 is 0.810 bits per heavy atom. The average molecular weight is 1100 g/mol. The van der Waals surface area contributed by atoms with Gasteiger partial charge in [-0.3, -0.25) is 14.4 Å². The highest BCUT2D eigenvalue weighted by Crippen LogP contribution is 2.16. The first-order valence-corrected chi connectivity index (χ1v) is 33.4. The van der Waals surface area contributed by atoms with Crippen molar-refractivity contribution in [1.82, 2.24) is 0 Å². The minimum Gasteiger partial charge on any atom is -0.462 e. The number of rotatable bonds is 60. The molecule has 0 saturated heterocycles. The molecule has 79 heavy (non-hydrogen) atoms. The number of carbonyl (C=O) groups excluding carboxylic acids is 3. The zero-order valence-corrected chi connectivity index (χ0v) is 51.9. The van der Waals surface area contributed by atoms with Crippen LogP contribution in [0.3, 0.4) is 0 Å². The maximum Gasteiger partial charge on any atom is 0.306 e. The van der Waals surface area contributed by atoms with Crippen LogP contribution in [0.4, 0.5) is 0 Å². The molecule has 0 aliphatic rings. The van der Waals surface area contributed by atoms with Crippen molar-refractivity contribution in [2.24, 2.45) is 0 Å². The van der Waals surface area contributed by atoms with Crippen LogP contribution in [0.1, 0.15) is 316 Å². The molecule has 6 nitrogen and oxygen atoms in total. The van der Waals surface area contributed by atoms with Gasteiger partial charge < -0.3 is 14.2 Å². The molecule has 0 radical (unpaired) electrons. The smallest absolute Gasteiger partial charge is 0.306 e. The molecule has 0 rings (SSSR count). The first-order valence-electron chi connectivity index (χ1n) is 33.4. The second-order valence-corrected chi connectivity index (χ2v) is 22.0. The van der Waals surface area contributed by atoms with Gasteiger partial charge in [-0.05, 0) is 128 Å².